The fraction of sp³-hybridized carbons (Fsp3) is 0.600. The van der Waals surface area contributed by atoms with Gasteiger partial charge in [-0.15, -0.1) is 11.8 Å². The third-order valence-electron chi connectivity index (χ3n) is 3.60. The Balaban J connectivity index is 1.75. The van der Waals surface area contributed by atoms with Crippen molar-refractivity contribution < 1.29 is 5.11 Å². The van der Waals surface area contributed by atoms with Crippen molar-refractivity contribution in [2.75, 3.05) is 38.5 Å². The summed E-state index contributed by atoms with van der Waals surface area (Å²) < 4.78 is 0. The smallest absolute Gasteiger partial charge is 0.0760 e. The van der Waals surface area contributed by atoms with Crippen molar-refractivity contribution in [3.05, 3.63) is 29.3 Å². The maximum absolute atomic E-state index is 10.1. The lowest BCUT2D eigenvalue weighted by molar-refractivity contribution is 0.121. The molecule has 1 atom stereocenters. The summed E-state index contributed by atoms with van der Waals surface area (Å²) in [4.78, 5) is 3.59. The van der Waals surface area contributed by atoms with E-state index < -0.39 is 0 Å². The van der Waals surface area contributed by atoms with E-state index >= 15 is 0 Å². The van der Waals surface area contributed by atoms with Crippen LogP contribution in [0.25, 0.3) is 0 Å². The van der Waals surface area contributed by atoms with Crippen molar-refractivity contribution in [3.8, 4) is 0 Å². The van der Waals surface area contributed by atoms with Gasteiger partial charge in [-0.3, -0.25) is 4.90 Å². The number of rotatable bonds is 5. The van der Waals surface area contributed by atoms with Gasteiger partial charge in [-0.05, 0) is 37.1 Å². The Morgan fingerprint density at radius 2 is 2.00 bits per heavy atom. The monoisotopic (exact) mass is 280 g/mol. The number of nitrogens with zero attached hydrogens (tertiary/aromatic N) is 1. The highest BCUT2D eigenvalue weighted by molar-refractivity contribution is 7.99. The SMILES string of the molecule is Cc1ccc(SCC(O)CN2CCNCC2)cc1C. The van der Waals surface area contributed by atoms with Gasteiger partial charge >= 0.3 is 0 Å². The Kier molecular flexibility index (Phi) is 5.70. The first-order valence-corrected chi connectivity index (χ1v) is 7.95. The quantitative estimate of drug-likeness (QED) is 0.804. The van der Waals surface area contributed by atoms with Crippen LogP contribution in [0.15, 0.2) is 23.1 Å². The van der Waals surface area contributed by atoms with Gasteiger partial charge in [0.25, 0.3) is 0 Å². The summed E-state index contributed by atoms with van der Waals surface area (Å²) in [6.07, 6.45) is -0.246. The molecule has 0 spiro atoms. The fourth-order valence-corrected chi connectivity index (χ4v) is 3.16. The lowest BCUT2D eigenvalue weighted by Gasteiger charge is -2.28. The number of thioether (sulfide) groups is 1. The molecule has 1 aliphatic rings. The summed E-state index contributed by atoms with van der Waals surface area (Å²) in [5.74, 6) is 0.770. The molecule has 0 aromatic heterocycles. The second kappa shape index (κ2) is 7.29. The summed E-state index contributed by atoms with van der Waals surface area (Å²) >= 11 is 1.75. The molecule has 1 aliphatic heterocycles. The number of β-amino-alcohol motifs (C(OH)–C–C–N with tert-alkyl or cyclic N) is 1. The van der Waals surface area contributed by atoms with Gasteiger partial charge in [0.2, 0.25) is 0 Å². The highest BCUT2D eigenvalue weighted by Crippen LogP contribution is 2.21. The molecule has 2 N–H and O–H groups in total. The van der Waals surface area contributed by atoms with E-state index in [1.165, 1.54) is 16.0 Å². The summed E-state index contributed by atoms with van der Waals surface area (Å²) in [7, 11) is 0. The molecule has 0 saturated carbocycles. The van der Waals surface area contributed by atoms with Crippen LogP contribution in [0.1, 0.15) is 11.1 Å². The Morgan fingerprint density at radius 3 is 2.68 bits per heavy atom. The van der Waals surface area contributed by atoms with Crippen molar-refractivity contribution in [1.82, 2.24) is 10.2 Å². The predicted molar refractivity (Wildman–Crippen MR) is 82.0 cm³/mol. The van der Waals surface area contributed by atoms with Crippen LogP contribution in [-0.2, 0) is 0 Å². The van der Waals surface area contributed by atoms with E-state index in [1.54, 1.807) is 11.8 Å². The number of hydrogen-bond donors (Lipinski definition) is 2. The van der Waals surface area contributed by atoms with Gasteiger partial charge in [-0.1, -0.05) is 6.07 Å². The van der Waals surface area contributed by atoms with Gasteiger partial charge in [0.05, 0.1) is 6.10 Å². The maximum atomic E-state index is 10.1. The summed E-state index contributed by atoms with van der Waals surface area (Å²) in [5, 5.41) is 13.4. The zero-order chi connectivity index (χ0) is 13.7. The van der Waals surface area contributed by atoms with Gasteiger partial charge in [0.15, 0.2) is 0 Å². The Labute approximate surface area is 120 Å². The molecule has 4 heteroatoms. The van der Waals surface area contributed by atoms with E-state index in [0.717, 1.165) is 38.5 Å². The molecule has 1 heterocycles. The van der Waals surface area contributed by atoms with Crippen LogP contribution < -0.4 is 5.32 Å². The molecule has 106 valence electrons. The molecule has 0 bridgehead atoms. The Bertz CT molecular complexity index is 405. The minimum atomic E-state index is -0.246. The Hall–Kier alpha value is -0.550. The lowest BCUT2D eigenvalue weighted by Crippen LogP contribution is -2.46. The molecular formula is C15H24N2OS. The highest BCUT2D eigenvalue weighted by atomic mass is 32.2. The molecule has 1 saturated heterocycles. The van der Waals surface area contributed by atoms with Crippen LogP contribution in [0.4, 0.5) is 0 Å². The van der Waals surface area contributed by atoms with Crippen LogP contribution in [0, 0.1) is 13.8 Å². The number of aliphatic hydroxyl groups excluding tert-OH is 1. The molecule has 1 aromatic carbocycles. The van der Waals surface area contributed by atoms with Gasteiger partial charge in [0.1, 0.15) is 0 Å². The summed E-state index contributed by atoms with van der Waals surface area (Å²) in [6.45, 7) is 9.23. The molecular weight excluding hydrogens is 256 g/mol. The average molecular weight is 280 g/mol. The standard InChI is InChI=1S/C15H24N2OS/c1-12-3-4-15(9-13(12)2)19-11-14(18)10-17-7-5-16-6-8-17/h3-4,9,14,16,18H,5-8,10-11H2,1-2H3. The van der Waals surface area contributed by atoms with Crippen molar-refractivity contribution in [2.45, 2.75) is 24.8 Å². The Morgan fingerprint density at radius 1 is 1.26 bits per heavy atom. The van der Waals surface area contributed by atoms with Gasteiger partial charge in [0, 0.05) is 43.4 Å². The first-order chi connectivity index (χ1) is 9.15. The maximum Gasteiger partial charge on any atom is 0.0760 e. The number of piperazine rings is 1. The van der Waals surface area contributed by atoms with Crippen LogP contribution in [0.5, 0.6) is 0 Å². The van der Waals surface area contributed by atoms with E-state index in [1.807, 2.05) is 0 Å². The van der Waals surface area contributed by atoms with Gasteiger partial charge in [-0.25, -0.2) is 0 Å². The first-order valence-electron chi connectivity index (χ1n) is 6.96. The van der Waals surface area contributed by atoms with E-state index in [0.29, 0.717) is 0 Å². The van der Waals surface area contributed by atoms with Crippen molar-refractivity contribution in [1.29, 1.82) is 0 Å². The van der Waals surface area contributed by atoms with Crippen molar-refractivity contribution in [3.63, 3.8) is 0 Å². The molecule has 1 fully saturated rings. The van der Waals surface area contributed by atoms with Crippen LogP contribution in [0.2, 0.25) is 0 Å². The minimum absolute atomic E-state index is 0.246. The second-order valence-corrected chi connectivity index (χ2v) is 6.35. The first kappa shape index (κ1) is 14.9. The van der Waals surface area contributed by atoms with Gasteiger partial charge < -0.3 is 10.4 Å². The number of benzene rings is 1. The number of aliphatic hydroxyl groups is 1. The molecule has 19 heavy (non-hydrogen) atoms. The molecule has 0 amide bonds. The molecule has 1 unspecified atom stereocenters. The largest absolute Gasteiger partial charge is 0.391 e. The van der Waals surface area contributed by atoms with Crippen LogP contribution >= 0.6 is 11.8 Å². The topological polar surface area (TPSA) is 35.5 Å². The van der Waals surface area contributed by atoms with E-state index in [-0.39, 0.29) is 6.10 Å². The van der Waals surface area contributed by atoms with Crippen molar-refractivity contribution in [2.24, 2.45) is 0 Å². The fourth-order valence-electron chi connectivity index (χ4n) is 2.24. The molecule has 3 nitrogen and oxygen atoms in total. The predicted octanol–water partition coefficient (Wildman–Crippen LogP) is 1.66. The zero-order valence-corrected chi connectivity index (χ0v) is 12.7. The average Bonchev–Trinajstić information content (AvgIpc) is 2.41. The molecule has 2 rings (SSSR count). The normalized spacial score (nSPS) is 18.5. The third-order valence-corrected chi connectivity index (χ3v) is 4.74. The highest BCUT2D eigenvalue weighted by Gasteiger charge is 2.14. The second-order valence-electron chi connectivity index (χ2n) is 5.26. The molecule has 0 radical (unpaired) electrons. The molecule has 0 aliphatic carbocycles. The van der Waals surface area contributed by atoms with E-state index in [4.69, 9.17) is 0 Å². The van der Waals surface area contributed by atoms with E-state index in [9.17, 15) is 5.11 Å². The summed E-state index contributed by atoms with van der Waals surface area (Å²) in [6, 6.07) is 6.50. The third kappa shape index (κ3) is 4.80. The van der Waals surface area contributed by atoms with Crippen LogP contribution in [-0.4, -0.2) is 54.6 Å². The number of nitrogens with one attached hydrogen (secondary N) is 1. The lowest BCUT2D eigenvalue weighted by atomic mass is 10.1. The summed E-state index contributed by atoms with van der Waals surface area (Å²) in [5.41, 5.74) is 2.65. The van der Waals surface area contributed by atoms with E-state index in [2.05, 4.69) is 42.3 Å². The number of hydrogen-bond acceptors (Lipinski definition) is 4. The van der Waals surface area contributed by atoms with Crippen LogP contribution in [0.3, 0.4) is 0 Å². The number of aryl methyl sites for hydroxylation is 2. The zero-order valence-electron chi connectivity index (χ0n) is 11.9. The minimum Gasteiger partial charge on any atom is -0.391 e. The van der Waals surface area contributed by atoms with Crippen molar-refractivity contribution >= 4 is 11.8 Å². The molecule has 1 aromatic rings. The van der Waals surface area contributed by atoms with Gasteiger partial charge in [-0.2, -0.15) is 0 Å².